The van der Waals surface area contributed by atoms with Gasteiger partial charge in [-0.3, -0.25) is 0 Å². The van der Waals surface area contributed by atoms with Gasteiger partial charge >= 0.3 is 0 Å². The van der Waals surface area contributed by atoms with E-state index in [2.05, 4.69) is 0 Å². The van der Waals surface area contributed by atoms with Gasteiger partial charge in [-0.1, -0.05) is 0 Å². The molecule has 1 aliphatic rings. The second-order valence-corrected chi connectivity index (χ2v) is 2.01. The van der Waals surface area contributed by atoms with E-state index in [1.54, 1.807) is 0 Å². The van der Waals surface area contributed by atoms with Crippen LogP contribution in [0.1, 0.15) is 19.3 Å². The Kier molecular flexibility index (Phi) is 1.26. The van der Waals surface area contributed by atoms with Crippen molar-refractivity contribution in [3.63, 3.8) is 0 Å². The first-order valence-corrected chi connectivity index (χ1v) is 2.57. The fraction of sp³-hybridized carbons (Fsp3) is 1.00. The summed E-state index contributed by atoms with van der Waals surface area (Å²) >= 11 is 0. The van der Waals surface area contributed by atoms with Crippen molar-refractivity contribution in [2.75, 3.05) is 0 Å². The van der Waals surface area contributed by atoms with Crippen LogP contribution in [0, 0.1) is 0 Å². The molecule has 0 amide bonds. The molecule has 2 atom stereocenters. The Hall–Kier alpha value is -0.140. The predicted molar refractivity (Wildman–Crippen MR) is 23.6 cm³/mol. The minimum Gasteiger partial charge on any atom is -0.247 e. The van der Waals surface area contributed by atoms with E-state index in [-0.39, 0.29) is 6.42 Å². The summed E-state index contributed by atoms with van der Waals surface area (Å²) in [6.07, 6.45) is -0.701. The minimum absolute atomic E-state index is 0.139. The third-order valence-electron chi connectivity index (χ3n) is 1.30. The molecule has 0 aromatic heterocycles. The zero-order valence-corrected chi connectivity index (χ0v) is 4.03. The van der Waals surface area contributed by atoms with Crippen molar-refractivity contribution in [2.45, 2.75) is 31.6 Å². The van der Waals surface area contributed by atoms with Crippen molar-refractivity contribution in [1.29, 1.82) is 0 Å². The van der Waals surface area contributed by atoms with Gasteiger partial charge in [0.05, 0.1) is 0 Å². The van der Waals surface area contributed by atoms with Crippen LogP contribution >= 0.6 is 0 Å². The number of rotatable bonds is 0. The van der Waals surface area contributed by atoms with Crippen molar-refractivity contribution in [1.82, 2.24) is 0 Å². The second kappa shape index (κ2) is 1.76. The summed E-state index contributed by atoms with van der Waals surface area (Å²) in [4.78, 5) is 0. The molecule has 1 rings (SSSR count). The highest BCUT2D eigenvalue weighted by Gasteiger charge is 2.22. The monoisotopic (exact) mass is 106 g/mol. The van der Waals surface area contributed by atoms with Crippen LogP contribution in [0.25, 0.3) is 0 Å². The van der Waals surface area contributed by atoms with Crippen molar-refractivity contribution >= 4 is 0 Å². The van der Waals surface area contributed by atoms with E-state index >= 15 is 0 Å². The molecule has 2 heteroatoms. The highest BCUT2D eigenvalue weighted by molar-refractivity contribution is 4.73. The zero-order valence-electron chi connectivity index (χ0n) is 4.03. The predicted octanol–water partition coefficient (Wildman–Crippen LogP) is 1.85. The molecule has 0 radical (unpaired) electrons. The minimum atomic E-state index is -0.852. The van der Waals surface area contributed by atoms with E-state index in [1.165, 1.54) is 0 Å². The topological polar surface area (TPSA) is 0 Å². The molecule has 42 valence electrons. The second-order valence-electron chi connectivity index (χ2n) is 2.01. The summed E-state index contributed by atoms with van der Waals surface area (Å²) in [7, 11) is 0. The summed E-state index contributed by atoms with van der Waals surface area (Å²) in [6, 6.07) is 0. The van der Waals surface area contributed by atoms with Gasteiger partial charge in [0.1, 0.15) is 12.3 Å². The molecule has 0 aromatic rings. The Morgan fingerprint density at radius 3 is 1.57 bits per heavy atom. The average Bonchev–Trinajstić information content (AvgIpc) is 1.87. The molecule has 0 nitrogen and oxygen atoms in total. The van der Waals surface area contributed by atoms with Gasteiger partial charge in [-0.15, -0.1) is 0 Å². The maximum Gasteiger partial charge on any atom is 0.103 e. The third-order valence-corrected chi connectivity index (χ3v) is 1.30. The molecule has 0 spiro atoms. The standard InChI is InChI=1S/C5H8F2/c6-4-1-2-5(7)3-4/h4-5H,1-3H2. The molecule has 0 aliphatic heterocycles. The lowest BCUT2D eigenvalue weighted by atomic mass is 10.3. The van der Waals surface area contributed by atoms with Crippen molar-refractivity contribution in [3.05, 3.63) is 0 Å². The molecule has 0 bridgehead atoms. The average molecular weight is 106 g/mol. The van der Waals surface area contributed by atoms with Gasteiger partial charge in [-0.25, -0.2) is 8.78 Å². The molecule has 1 saturated carbocycles. The van der Waals surface area contributed by atoms with Gasteiger partial charge in [0.2, 0.25) is 0 Å². The first-order valence-electron chi connectivity index (χ1n) is 2.57. The van der Waals surface area contributed by atoms with Crippen LogP contribution < -0.4 is 0 Å². The Bertz CT molecular complexity index is 55.1. The summed E-state index contributed by atoms with van der Waals surface area (Å²) in [5.41, 5.74) is 0. The summed E-state index contributed by atoms with van der Waals surface area (Å²) in [5.74, 6) is 0. The zero-order chi connectivity index (χ0) is 5.28. The van der Waals surface area contributed by atoms with Gasteiger partial charge in [-0.05, 0) is 12.8 Å². The highest BCUT2D eigenvalue weighted by atomic mass is 19.1. The van der Waals surface area contributed by atoms with E-state index in [0.717, 1.165) is 0 Å². The van der Waals surface area contributed by atoms with E-state index in [9.17, 15) is 8.78 Å². The van der Waals surface area contributed by atoms with Gasteiger partial charge in [0.15, 0.2) is 0 Å². The van der Waals surface area contributed by atoms with E-state index in [1.807, 2.05) is 0 Å². The first kappa shape index (κ1) is 5.01. The number of hydrogen-bond donors (Lipinski definition) is 0. The quantitative estimate of drug-likeness (QED) is 0.442. The van der Waals surface area contributed by atoms with Gasteiger partial charge in [0, 0.05) is 6.42 Å². The largest absolute Gasteiger partial charge is 0.247 e. The van der Waals surface area contributed by atoms with Crippen LogP contribution in [0.3, 0.4) is 0 Å². The Morgan fingerprint density at radius 1 is 1.00 bits per heavy atom. The Labute approximate surface area is 41.5 Å². The molecular weight excluding hydrogens is 98.1 g/mol. The summed E-state index contributed by atoms with van der Waals surface area (Å²) < 4.78 is 23.9. The molecule has 1 aliphatic carbocycles. The first-order chi connectivity index (χ1) is 3.29. The Morgan fingerprint density at radius 2 is 1.43 bits per heavy atom. The maximum atomic E-state index is 11.9. The van der Waals surface area contributed by atoms with Crippen LogP contribution in [-0.2, 0) is 0 Å². The molecule has 0 saturated heterocycles. The summed E-state index contributed by atoms with van der Waals surface area (Å²) in [5, 5.41) is 0. The Balaban J connectivity index is 2.26. The fourth-order valence-corrected chi connectivity index (χ4v) is 0.875. The fourth-order valence-electron chi connectivity index (χ4n) is 0.875. The van der Waals surface area contributed by atoms with E-state index < -0.39 is 12.3 Å². The molecule has 1 fully saturated rings. The third kappa shape index (κ3) is 1.11. The SMILES string of the molecule is FC1CCC(F)C1. The molecule has 7 heavy (non-hydrogen) atoms. The van der Waals surface area contributed by atoms with E-state index in [4.69, 9.17) is 0 Å². The van der Waals surface area contributed by atoms with Gasteiger partial charge < -0.3 is 0 Å². The molecule has 0 heterocycles. The van der Waals surface area contributed by atoms with Crippen LogP contribution in [-0.4, -0.2) is 12.3 Å². The van der Waals surface area contributed by atoms with Gasteiger partial charge in [-0.2, -0.15) is 0 Å². The number of alkyl halides is 2. The molecule has 2 unspecified atom stereocenters. The lowest BCUT2D eigenvalue weighted by Gasteiger charge is -1.90. The molecular formula is C5H8F2. The van der Waals surface area contributed by atoms with Crippen LogP contribution in [0.15, 0.2) is 0 Å². The van der Waals surface area contributed by atoms with Crippen LogP contribution in [0.2, 0.25) is 0 Å². The molecule has 0 N–H and O–H groups in total. The normalized spacial score (nSPS) is 42.0. The van der Waals surface area contributed by atoms with Crippen molar-refractivity contribution in [2.24, 2.45) is 0 Å². The number of halogens is 2. The smallest absolute Gasteiger partial charge is 0.103 e. The van der Waals surface area contributed by atoms with E-state index in [0.29, 0.717) is 12.8 Å². The summed E-state index contributed by atoms with van der Waals surface area (Å²) in [6.45, 7) is 0. The van der Waals surface area contributed by atoms with Crippen LogP contribution in [0.5, 0.6) is 0 Å². The number of hydrogen-bond acceptors (Lipinski definition) is 0. The highest BCUT2D eigenvalue weighted by Crippen LogP contribution is 2.23. The van der Waals surface area contributed by atoms with Gasteiger partial charge in [0.25, 0.3) is 0 Å². The maximum absolute atomic E-state index is 11.9. The lowest BCUT2D eigenvalue weighted by Crippen LogP contribution is -1.92. The van der Waals surface area contributed by atoms with Crippen molar-refractivity contribution < 1.29 is 8.78 Å². The molecule has 0 aromatic carbocycles. The van der Waals surface area contributed by atoms with Crippen molar-refractivity contribution in [3.8, 4) is 0 Å². The lowest BCUT2D eigenvalue weighted by molar-refractivity contribution is 0.292. The van der Waals surface area contributed by atoms with Crippen LogP contribution in [0.4, 0.5) is 8.78 Å².